The third-order valence-corrected chi connectivity index (χ3v) is 3.51. The lowest BCUT2D eigenvalue weighted by atomic mass is 10.3. The summed E-state index contributed by atoms with van der Waals surface area (Å²) in [6, 6.07) is 5.09. The van der Waals surface area contributed by atoms with Crippen molar-refractivity contribution in [1.29, 1.82) is 0 Å². The Morgan fingerprint density at radius 1 is 1.20 bits per heavy atom. The zero-order valence-corrected chi connectivity index (χ0v) is 11.3. The van der Waals surface area contributed by atoms with Gasteiger partial charge >= 0.3 is 0 Å². The predicted octanol–water partition coefficient (Wildman–Crippen LogP) is 2.67. The molecule has 3 rings (SSSR count). The number of pyridine rings is 2. The standard InChI is InChI=1S/C14H9FN4S/c1-16-13-4-2-9(7-18-13)3-5-14-19-10-8-17-12(15)6-11(10)20-14/h2,4,6-8H,1H3,(H,16,18). The minimum Gasteiger partial charge on any atom is -0.373 e. The minimum absolute atomic E-state index is 0.507. The van der Waals surface area contributed by atoms with E-state index in [1.54, 1.807) is 6.20 Å². The highest BCUT2D eigenvalue weighted by Crippen LogP contribution is 2.21. The fourth-order valence-corrected chi connectivity index (χ4v) is 2.42. The molecule has 0 atom stereocenters. The van der Waals surface area contributed by atoms with Crippen LogP contribution in [0, 0.1) is 17.8 Å². The Labute approximate surface area is 118 Å². The van der Waals surface area contributed by atoms with Gasteiger partial charge in [-0.05, 0) is 18.1 Å². The summed E-state index contributed by atoms with van der Waals surface area (Å²) in [6.45, 7) is 0. The topological polar surface area (TPSA) is 50.7 Å². The van der Waals surface area contributed by atoms with E-state index < -0.39 is 5.95 Å². The van der Waals surface area contributed by atoms with Crippen LogP contribution in [0.4, 0.5) is 10.2 Å². The number of anilines is 1. The number of aromatic nitrogens is 3. The van der Waals surface area contributed by atoms with Crippen LogP contribution < -0.4 is 5.32 Å². The SMILES string of the molecule is CNc1ccc(C#Cc2nc3cnc(F)cc3s2)cn1. The molecule has 3 heterocycles. The lowest BCUT2D eigenvalue weighted by molar-refractivity contribution is 0.586. The summed E-state index contributed by atoms with van der Waals surface area (Å²) >= 11 is 1.34. The highest BCUT2D eigenvalue weighted by molar-refractivity contribution is 7.19. The first-order chi connectivity index (χ1) is 9.74. The van der Waals surface area contributed by atoms with Crippen LogP contribution in [0.1, 0.15) is 10.6 Å². The molecule has 3 aromatic heterocycles. The smallest absolute Gasteiger partial charge is 0.214 e. The molecular formula is C14H9FN4S. The predicted molar refractivity (Wildman–Crippen MR) is 77.1 cm³/mol. The van der Waals surface area contributed by atoms with Crippen molar-refractivity contribution >= 4 is 27.4 Å². The number of thiazole rings is 1. The molecule has 0 bridgehead atoms. The lowest BCUT2D eigenvalue weighted by Crippen LogP contribution is -1.91. The molecule has 3 aromatic rings. The summed E-state index contributed by atoms with van der Waals surface area (Å²) in [5.41, 5.74) is 1.46. The molecule has 0 amide bonds. The molecule has 1 N–H and O–H groups in total. The van der Waals surface area contributed by atoms with Gasteiger partial charge in [0.15, 0.2) is 5.01 Å². The average molecular weight is 284 g/mol. The third-order valence-electron chi connectivity index (χ3n) is 2.57. The summed E-state index contributed by atoms with van der Waals surface area (Å²) in [7, 11) is 1.81. The molecule has 0 spiro atoms. The Kier molecular flexibility index (Phi) is 3.27. The van der Waals surface area contributed by atoms with Gasteiger partial charge in [0.25, 0.3) is 0 Å². The number of fused-ring (bicyclic) bond motifs is 1. The summed E-state index contributed by atoms with van der Waals surface area (Å²) < 4.78 is 13.7. The molecule has 0 aliphatic carbocycles. The van der Waals surface area contributed by atoms with Crippen LogP contribution in [0.2, 0.25) is 0 Å². The van der Waals surface area contributed by atoms with Gasteiger partial charge in [-0.15, -0.1) is 11.3 Å². The van der Waals surface area contributed by atoms with Crippen LogP contribution in [0.5, 0.6) is 0 Å². The van der Waals surface area contributed by atoms with E-state index in [2.05, 4.69) is 32.1 Å². The number of hydrogen-bond acceptors (Lipinski definition) is 5. The van der Waals surface area contributed by atoms with Crippen molar-refractivity contribution < 1.29 is 4.39 Å². The van der Waals surface area contributed by atoms with Gasteiger partial charge in [-0.25, -0.2) is 15.0 Å². The Bertz CT molecular complexity index is 815. The fraction of sp³-hybridized carbons (Fsp3) is 0.0714. The van der Waals surface area contributed by atoms with E-state index in [-0.39, 0.29) is 0 Å². The largest absolute Gasteiger partial charge is 0.373 e. The van der Waals surface area contributed by atoms with Crippen LogP contribution in [0.3, 0.4) is 0 Å². The van der Waals surface area contributed by atoms with E-state index in [0.717, 1.165) is 16.1 Å². The van der Waals surface area contributed by atoms with Gasteiger partial charge in [-0.3, -0.25) is 0 Å². The molecule has 4 nitrogen and oxygen atoms in total. The van der Waals surface area contributed by atoms with E-state index in [1.807, 2.05) is 19.2 Å². The molecule has 0 saturated heterocycles. The van der Waals surface area contributed by atoms with Gasteiger partial charge in [0, 0.05) is 24.9 Å². The van der Waals surface area contributed by atoms with Gasteiger partial charge in [0.2, 0.25) is 5.95 Å². The van der Waals surface area contributed by atoms with Crippen molar-refractivity contribution in [3.8, 4) is 11.8 Å². The quantitative estimate of drug-likeness (QED) is 0.551. The van der Waals surface area contributed by atoms with Crippen molar-refractivity contribution in [1.82, 2.24) is 15.0 Å². The van der Waals surface area contributed by atoms with Crippen molar-refractivity contribution in [3.63, 3.8) is 0 Å². The first kappa shape index (κ1) is 12.5. The first-order valence-electron chi connectivity index (χ1n) is 5.82. The average Bonchev–Trinajstić information content (AvgIpc) is 2.87. The Morgan fingerprint density at radius 3 is 2.85 bits per heavy atom. The molecule has 0 aromatic carbocycles. The second-order valence-corrected chi connectivity index (χ2v) is 4.96. The molecule has 98 valence electrons. The number of hydrogen-bond donors (Lipinski definition) is 1. The molecule has 0 radical (unpaired) electrons. The van der Waals surface area contributed by atoms with Crippen LogP contribution >= 0.6 is 11.3 Å². The Balaban J connectivity index is 1.90. The summed E-state index contributed by atoms with van der Waals surface area (Å²) in [4.78, 5) is 12.0. The first-order valence-corrected chi connectivity index (χ1v) is 6.64. The van der Waals surface area contributed by atoms with Crippen molar-refractivity contribution in [2.75, 3.05) is 12.4 Å². The van der Waals surface area contributed by atoms with E-state index in [4.69, 9.17) is 0 Å². The summed E-state index contributed by atoms with van der Waals surface area (Å²) in [5, 5.41) is 3.57. The van der Waals surface area contributed by atoms with Crippen molar-refractivity contribution in [3.05, 3.63) is 47.1 Å². The van der Waals surface area contributed by atoms with Gasteiger partial charge in [0.05, 0.1) is 10.9 Å². The second kappa shape index (κ2) is 5.23. The van der Waals surface area contributed by atoms with Gasteiger partial charge in [-0.2, -0.15) is 4.39 Å². The van der Waals surface area contributed by atoms with Gasteiger partial charge in [0.1, 0.15) is 11.3 Å². The number of halogens is 1. The molecule has 0 saturated carbocycles. The van der Waals surface area contributed by atoms with Gasteiger partial charge < -0.3 is 5.32 Å². The van der Waals surface area contributed by atoms with Gasteiger partial charge in [-0.1, -0.05) is 5.92 Å². The molecule has 6 heteroatoms. The van der Waals surface area contributed by atoms with E-state index >= 15 is 0 Å². The fourth-order valence-electron chi connectivity index (χ4n) is 1.60. The Morgan fingerprint density at radius 2 is 2.10 bits per heavy atom. The maximum atomic E-state index is 13.0. The highest BCUT2D eigenvalue weighted by Gasteiger charge is 2.03. The monoisotopic (exact) mass is 284 g/mol. The van der Waals surface area contributed by atoms with Crippen LogP contribution in [0.15, 0.2) is 30.6 Å². The lowest BCUT2D eigenvalue weighted by Gasteiger charge is -1.96. The van der Waals surface area contributed by atoms with E-state index in [0.29, 0.717) is 10.5 Å². The zero-order valence-electron chi connectivity index (χ0n) is 10.5. The molecule has 0 aliphatic rings. The minimum atomic E-state index is -0.507. The van der Waals surface area contributed by atoms with Crippen LogP contribution in [0.25, 0.3) is 10.2 Å². The molecular weight excluding hydrogens is 275 g/mol. The number of nitrogens with one attached hydrogen (secondary N) is 1. The maximum absolute atomic E-state index is 13.0. The zero-order chi connectivity index (χ0) is 13.9. The van der Waals surface area contributed by atoms with Crippen LogP contribution in [-0.4, -0.2) is 22.0 Å². The molecule has 0 aliphatic heterocycles. The normalized spacial score (nSPS) is 10.1. The van der Waals surface area contributed by atoms with Crippen molar-refractivity contribution in [2.24, 2.45) is 0 Å². The Hall–Kier alpha value is -2.52. The van der Waals surface area contributed by atoms with Crippen LogP contribution in [-0.2, 0) is 0 Å². The van der Waals surface area contributed by atoms with E-state index in [1.165, 1.54) is 23.6 Å². The van der Waals surface area contributed by atoms with Crippen molar-refractivity contribution in [2.45, 2.75) is 0 Å². The maximum Gasteiger partial charge on any atom is 0.214 e. The second-order valence-electron chi connectivity index (χ2n) is 3.93. The molecule has 0 unspecified atom stereocenters. The summed E-state index contributed by atoms with van der Waals surface area (Å²) in [5.74, 6) is 6.22. The summed E-state index contributed by atoms with van der Waals surface area (Å²) in [6.07, 6.45) is 3.10. The van der Waals surface area contributed by atoms with E-state index in [9.17, 15) is 4.39 Å². The number of rotatable bonds is 1. The highest BCUT2D eigenvalue weighted by atomic mass is 32.1. The number of nitrogens with zero attached hydrogens (tertiary/aromatic N) is 3. The molecule has 20 heavy (non-hydrogen) atoms. The third kappa shape index (κ3) is 2.58. The molecule has 0 fully saturated rings.